The maximum atomic E-state index is 10.4. The lowest BCUT2D eigenvalue weighted by molar-refractivity contribution is -0.148. The van der Waals surface area contributed by atoms with Crippen molar-refractivity contribution >= 4 is 6.29 Å². The highest BCUT2D eigenvalue weighted by atomic mass is 16.7. The van der Waals surface area contributed by atoms with Gasteiger partial charge in [-0.25, -0.2) is 0 Å². The van der Waals surface area contributed by atoms with Crippen molar-refractivity contribution in [3.63, 3.8) is 0 Å². The van der Waals surface area contributed by atoms with Crippen molar-refractivity contribution in [3.05, 3.63) is 0 Å². The molecule has 0 rings (SSSR count). The number of carbonyl (C=O) groups is 1. The van der Waals surface area contributed by atoms with Crippen LogP contribution in [-0.4, -0.2) is 62.0 Å². The number of aldehydes is 1. The number of aliphatic hydroxyl groups excluding tert-OH is 1. The van der Waals surface area contributed by atoms with E-state index in [4.69, 9.17) is 9.47 Å². The standard InChI is InChI=1S/C32H65NO4/c1-3-5-7-9-16-22-30-36-32(37-31-23-17-10-8-6-4-2)24-18-12-11-13-19-25-33(27-29-35)26-20-14-15-21-28-34/h28,32,35H,3-27,29-31H2,1-2H3. The molecule has 0 aromatic rings. The molecule has 5 nitrogen and oxygen atoms in total. The monoisotopic (exact) mass is 527 g/mol. The molecule has 0 aliphatic rings. The molecule has 0 atom stereocenters. The van der Waals surface area contributed by atoms with Gasteiger partial charge in [-0.2, -0.15) is 0 Å². The fraction of sp³-hybridized carbons (Fsp3) is 0.969. The second-order valence-electron chi connectivity index (χ2n) is 10.8. The summed E-state index contributed by atoms with van der Waals surface area (Å²) in [7, 11) is 0. The maximum absolute atomic E-state index is 10.4. The van der Waals surface area contributed by atoms with Crippen LogP contribution in [0.2, 0.25) is 0 Å². The van der Waals surface area contributed by atoms with E-state index < -0.39 is 0 Å². The van der Waals surface area contributed by atoms with Crippen LogP contribution >= 0.6 is 0 Å². The number of ether oxygens (including phenoxy) is 2. The zero-order valence-corrected chi connectivity index (χ0v) is 25.1. The number of rotatable bonds is 32. The van der Waals surface area contributed by atoms with Crippen LogP contribution in [0.3, 0.4) is 0 Å². The first-order valence-electron chi connectivity index (χ1n) is 16.3. The Morgan fingerprint density at radius 1 is 0.595 bits per heavy atom. The van der Waals surface area contributed by atoms with Gasteiger partial charge in [0, 0.05) is 26.2 Å². The average Bonchev–Trinajstić information content (AvgIpc) is 2.90. The van der Waals surface area contributed by atoms with Crippen LogP contribution in [-0.2, 0) is 14.3 Å². The molecule has 0 amide bonds. The first-order valence-corrected chi connectivity index (χ1v) is 16.3. The molecule has 1 N–H and O–H groups in total. The van der Waals surface area contributed by atoms with E-state index in [-0.39, 0.29) is 12.9 Å². The summed E-state index contributed by atoms with van der Waals surface area (Å²) in [6, 6.07) is 0. The van der Waals surface area contributed by atoms with E-state index in [1.807, 2.05) is 0 Å². The second kappa shape index (κ2) is 31.7. The Bertz CT molecular complexity index is 417. The van der Waals surface area contributed by atoms with Gasteiger partial charge in [-0.05, 0) is 58.0 Å². The van der Waals surface area contributed by atoms with Crippen molar-refractivity contribution < 1.29 is 19.4 Å². The minimum absolute atomic E-state index is 0.0226. The molecule has 0 aromatic heterocycles. The molecule has 0 aliphatic heterocycles. The third-order valence-corrected chi connectivity index (χ3v) is 7.23. The molecule has 0 aliphatic carbocycles. The Hall–Kier alpha value is -0.490. The Morgan fingerprint density at radius 3 is 1.57 bits per heavy atom. The van der Waals surface area contributed by atoms with Crippen molar-refractivity contribution in [3.8, 4) is 0 Å². The van der Waals surface area contributed by atoms with Gasteiger partial charge in [0.2, 0.25) is 0 Å². The number of aliphatic hydroxyl groups is 1. The molecule has 0 unspecified atom stereocenters. The second-order valence-corrected chi connectivity index (χ2v) is 10.8. The highest BCUT2D eigenvalue weighted by Gasteiger charge is 2.10. The number of nitrogens with zero attached hydrogens (tertiary/aromatic N) is 1. The van der Waals surface area contributed by atoms with E-state index >= 15 is 0 Å². The lowest BCUT2D eigenvalue weighted by atomic mass is 10.1. The molecule has 0 saturated heterocycles. The molecular weight excluding hydrogens is 462 g/mol. The third-order valence-electron chi connectivity index (χ3n) is 7.23. The molecule has 0 spiro atoms. The fourth-order valence-corrected chi connectivity index (χ4v) is 4.80. The van der Waals surface area contributed by atoms with Crippen LogP contribution in [0.1, 0.15) is 155 Å². The van der Waals surface area contributed by atoms with Crippen molar-refractivity contribution in [2.75, 3.05) is 39.5 Å². The van der Waals surface area contributed by atoms with E-state index in [1.54, 1.807) is 0 Å². The predicted octanol–water partition coefficient (Wildman–Crippen LogP) is 8.46. The number of hydrogen-bond acceptors (Lipinski definition) is 5. The highest BCUT2D eigenvalue weighted by molar-refractivity contribution is 5.48. The summed E-state index contributed by atoms with van der Waals surface area (Å²) in [5.41, 5.74) is 0. The third kappa shape index (κ3) is 28.3. The van der Waals surface area contributed by atoms with Crippen LogP contribution < -0.4 is 0 Å². The quantitative estimate of drug-likeness (QED) is 0.0540. The lowest BCUT2D eigenvalue weighted by Crippen LogP contribution is -2.29. The molecule has 0 fully saturated rings. The van der Waals surface area contributed by atoms with E-state index in [2.05, 4.69) is 18.7 Å². The normalized spacial score (nSPS) is 11.7. The topological polar surface area (TPSA) is 59.0 Å². The van der Waals surface area contributed by atoms with Gasteiger partial charge in [-0.15, -0.1) is 0 Å². The molecule has 0 heterocycles. The van der Waals surface area contributed by atoms with Crippen LogP contribution in [0.4, 0.5) is 0 Å². The summed E-state index contributed by atoms with van der Waals surface area (Å²) in [5, 5.41) is 9.34. The Balaban J connectivity index is 4.01. The summed E-state index contributed by atoms with van der Waals surface area (Å²) >= 11 is 0. The summed E-state index contributed by atoms with van der Waals surface area (Å²) in [5.74, 6) is 0. The largest absolute Gasteiger partial charge is 0.395 e. The van der Waals surface area contributed by atoms with Crippen LogP contribution in [0.5, 0.6) is 0 Å². The summed E-state index contributed by atoms with van der Waals surface area (Å²) < 4.78 is 12.3. The van der Waals surface area contributed by atoms with Gasteiger partial charge in [0.1, 0.15) is 6.29 Å². The molecule has 0 radical (unpaired) electrons. The van der Waals surface area contributed by atoms with Crippen LogP contribution in [0, 0.1) is 0 Å². The number of hydrogen-bond donors (Lipinski definition) is 1. The van der Waals surface area contributed by atoms with Gasteiger partial charge >= 0.3 is 0 Å². The smallest absolute Gasteiger partial charge is 0.157 e. The lowest BCUT2D eigenvalue weighted by Gasteiger charge is -2.21. The van der Waals surface area contributed by atoms with E-state index in [9.17, 15) is 9.90 Å². The summed E-state index contributed by atoms with van der Waals surface area (Å²) in [4.78, 5) is 12.8. The first-order chi connectivity index (χ1) is 18.3. The van der Waals surface area contributed by atoms with Gasteiger partial charge in [-0.1, -0.05) is 104 Å². The molecule has 222 valence electrons. The van der Waals surface area contributed by atoms with Crippen molar-refractivity contribution in [1.29, 1.82) is 0 Å². The van der Waals surface area contributed by atoms with Crippen molar-refractivity contribution in [2.24, 2.45) is 0 Å². The van der Waals surface area contributed by atoms with Crippen molar-refractivity contribution in [1.82, 2.24) is 4.90 Å². The van der Waals surface area contributed by atoms with E-state index in [1.165, 1.54) is 96.3 Å². The Labute approximate surface area is 231 Å². The van der Waals surface area contributed by atoms with E-state index in [0.717, 1.165) is 77.7 Å². The van der Waals surface area contributed by atoms with Crippen molar-refractivity contribution in [2.45, 2.75) is 161 Å². The maximum Gasteiger partial charge on any atom is 0.157 e. The minimum Gasteiger partial charge on any atom is -0.395 e. The highest BCUT2D eigenvalue weighted by Crippen LogP contribution is 2.14. The predicted molar refractivity (Wildman–Crippen MR) is 158 cm³/mol. The molecule has 0 bridgehead atoms. The SMILES string of the molecule is CCCCCCCCOC(CCCCCCCN(CCO)CCCCCC=O)OCCCCCCCC. The van der Waals surface area contributed by atoms with Crippen LogP contribution in [0.15, 0.2) is 0 Å². The number of carbonyl (C=O) groups excluding carboxylic acids is 1. The van der Waals surface area contributed by atoms with Gasteiger partial charge in [-0.3, -0.25) is 0 Å². The summed E-state index contributed by atoms with van der Waals surface area (Å²) in [6.07, 6.45) is 27.5. The molecule has 0 aromatic carbocycles. The van der Waals surface area contributed by atoms with Gasteiger partial charge < -0.3 is 24.3 Å². The summed E-state index contributed by atoms with van der Waals surface area (Å²) in [6.45, 7) is 9.30. The minimum atomic E-state index is -0.0226. The van der Waals surface area contributed by atoms with Gasteiger partial charge in [0.15, 0.2) is 6.29 Å². The number of unbranched alkanes of at least 4 members (excludes halogenated alkanes) is 17. The molecular formula is C32H65NO4. The molecule has 5 heteroatoms. The first kappa shape index (κ1) is 36.5. The Kier molecular flexibility index (Phi) is 31.3. The van der Waals surface area contributed by atoms with Gasteiger partial charge in [0.25, 0.3) is 0 Å². The zero-order valence-electron chi connectivity index (χ0n) is 25.1. The fourth-order valence-electron chi connectivity index (χ4n) is 4.80. The molecule has 0 saturated carbocycles. The van der Waals surface area contributed by atoms with Gasteiger partial charge in [0.05, 0.1) is 6.61 Å². The Morgan fingerprint density at radius 2 is 1.05 bits per heavy atom. The molecule has 37 heavy (non-hydrogen) atoms. The van der Waals surface area contributed by atoms with E-state index in [0.29, 0.717) is 6.42 Å². The zero-order chi connectivity index (χ0) is 27.1. The van der Waals surface area contributed by atoms with Crippen LogP contribution in [0.25, 0.3) is 0 Å². The average molecular weight is 528 g/mol.